The molecule has 0 fully saturated rings. The van der Waals surface area contributed by atoms with E-state index >= 15 is 0 Å². The van der Waals surface area contributed by atoms with Gasteiger partial charge in [0.15, 0.2) is 0 Å². The summed E-state index contributed by atoms with van der Waals surface area (Å²) in [6.45, 7) is 1.93. The van der Waals surface area contributed by atoms with Gasteiger partial charge in [-0.05, 0) is 49.4 Å². The van der Waals surface area contributed by atoms with Crippen molar-refractivity contribution in [3.63, 3.8) is 0 Å². The summed E-state index contributed by atoms with van der Waals surface area (Å²) in [7, 11) is 0. The summed E-state index contributed by atoms with van der Waals surface area (Å²) in [5.74, 6) is -1.37. The number of ether oxygens (including phenoxy) is 1. The zero-order valence-electron chi connectivity index (χ0n) is 14.0. The molecule has 1 aromatic heterocycles. The molecule has 1 amide bonds. The van der Waals surface area contributed by atoms with Gasteiger partial charge in [0.2, 0.25) is 0 Å². The molecule has 0 radical (unpaired) electrons. The minimum atomic E-state index is -0.555. The van der Waals surface area contributed by atoms with Crippen LogP contribution in [0.2, 0.25) is 0 Å². The molecule has 0 spiro atoms. The number of aromatic nitrogens is 1. The molecule has 2 aromatic carbocycles. The van der Waals surface area contributed by atoms with Crippen LogP contribution in [0.4, 0.5) is 15.8 Å². The Morgan fingerprint density at radius 1 is 1.19 bits per heavy atom. The van der Waals surface area contributed by atoms with Crippen LogP contribution in [0.1, 0.15) is 27.6 Å². The molecule has 3 N–H and O–H groups in total. The van der Waals surface area contributed by atoms with Gasteiger partial charge in [0.1, 0.15) is 11.4 Å². The maximum absolute atomic E-state index is 13.0. The van der Waals surface area contributed by atoms with E-state index in [4.69, 9.17) is 10.5 Å². The predicted octanol–water partition coefficient (Wildman–Crippen LogP) is 3.39. The fourth-order valence-electron chi connectivity index (χ4n) is 2.47. The quantitative estimate of drug-likeness (QED) is 0.701. The first-order valence-electron chi connectivity index (χ1n) is 7.92. The Morgan fingerprint density at radius 3 is 2.62 bits per heavy atom. The van der Waals surface area contributed by atoms with Gasteiger partial charge >= 0.3 is 5.97 Å². The van der Waals surface area contributed by atoms with Crippen LogP contribution in [0.15, 0.2) is 48.7 Å². The van der Waals surface area contributed by atoms with Crippen LogP contribution in [0.25, 0.3) is 10.9 Å². The van der Waals surface area contributed by atoms with E-state index in [1.54, 1.807) is 25.1 Å². The monoisotopic (exact) mass is 353 g/mol. The van der Waals surface area contributed by atoms with Crippen molar-refractivity contribution in [1.29, 1.82) is 0 Å². The van der Waals surface area contributed by atoms with Crippen molar-refractivity contribution in [3.05, 3.63) is 65.6 Å². The molecule has 0 aliphatic carbocycles. The standard InChI is InChI=1S/C19H16FN3O3/c1-2-26-19(25)15-10-22-16-8-7-13(9-14(16)17(15)21)23-18(24)11-3-5-12(20)6-4-11/h3-10H,2H2,1H3,(H2,21,22)(H,23,24). The lowest BCUT2D eigenvalue weighted by Gasteiger charge is -2.10. The van der Waals surface area contributed by atoms with Gasteiger partial charge in [-0.15, -0.1) is 0 Å². The average Bonchev–Trinajstić information content (AvgIpc) is 2.63. The Hall–Kier alpha value is -3.48. The van der Waals surface area contributed by atoms with Gasteiger partial charge in [0.25, 0.3) is 5.91 Å². The van der Waals surface area contributed by atoms with Gasteiger partial charge in [0.05, 0.1) is 17.8 Å². The third-order valence-corrected chi connectivity index (χ3v) is 3.77. The number of halogens is 1. The molecule has 0 aliphatic heterocycles. The number of amides is 1. The number of nitrogen functional groups attached to an aromatic ring is 1. The summed E-state index contributed by atoms with van der Waals surface area (Å²) >= 11 is 0. The van der Waals surface area contributed by atoms with Crippen molar-refractivity contribution in [2.45, 2.75) is 6.92 Å². The number of fused-ring (bicyclic) bond motifs is 1. The van der Waals surface area contributed by atoms with Crippen molar-refractivity contribution >= 4 is 34.2 Å². The Morgan fingerprint density at radius 2 is 1.92 bits per heavy atom. The highest BCUT2D eigenvalue weighted by Crippen LogP contribution is 2.26. The predicted molar refractivity (Wildman–Crippen MR) is 96.5 cm³/mol. The second kappa shape index (κ2) is 7.18. The minimum absolute atomic E-state index is 0.168. The first kappa shape index (κ1) is 17.3. The first-order chi connectivity index (χ1) is 12.5. The zero-order valence-corrected chi connectivity index (χ0v) is 14.0. The average molecular weight is 353 g/mol. The zero-order chi connectivity index (χ0) is 18.7. The Bertz CT molecular complexity index is 987. The summed E-state index contributed by atoms with van der Waals surface area (Å²) in [6, 6.07) is 10.2. The van der Waals surface area contributed by atoms with Gasteiger partial charge in [-0.25, -0.2) is 9.18 Å². The highest BCUT2D eigenvalue weighted by atomic mass is 19.1. The Balaban J connectivity index is 1.92. The molecule has 1 heterocycles. The van der Waals surface area contributed by atoms with Crippen LogP contribution in [-0.4, -0.2) is 23.5 Å². The maximum atomic E-state index is 13.0. The molecule has 3 rings (SSSR count). The lowest BCUT2D eigenvalue weighted by atomic mass is 10.1. The van der Waals surface area contributed by atoms with Crippen molar-refractivity contribution in [2.75, 3.05) is 17.7 Å². The largest absolute Gasteiger partial charge is 0.462 e. The Kier molecular flexibility index (Phi) is 4.79. The molecule has 26 heavy (non-hydrogen) atoms. The minimum Gasteiger partial charge on any atom is -0.462 e. The van der Waals surface area contributed by atoms with E-state index in [2.05, 4.69) is 10.3 Å². The van der Waals surface area contributed by atoms with Crippen LogP contribution in [0, 0.1) is 5.82 Å². The van der Waals surface area contributed by atoms with Crippen LogP contribution in [-0.2, 0) is 4.74 Å². The summed E-state index contributed by atoms with van der Waals surface area (Å²) < 4.78 is 17.9. The van der Waals surface area contributed by atoms with E-state index in [9.17, 15) is 14.0 Å². The fraction of sp³-hybridized carbons (Fsp3) is 0.105. The summed E-state index contributed by atoms with van der Waals surface area (Å²) in [6.07, 6.45) is 1.37. The van der Waals surface area contributed by atoms with Crippen molar-refractivity contribution in [2.24, 2.45) is 0 Å². The second-order valence-corrected chi connectivity index (χ2v) is 5.50. The molecule has 6 nitrogen and oxygen atoms in total. The number of esters is 1. The number of nitrogens with two attached hydrogens (primary N) is 1. The van der Waals surface area contributed by atoms with Crippen LogP contribution >= 0.6 is 0 Å². The van der Waals surface area contributed by atoms with Crippen molar-refractivity contribution in [1.82, 2.24) is 4.98 Å². The van der Waals surface area contributed by atoms with Crippen LogP contribution in [0.5, 0.6) is 0 Å². The van der Waals surface area contributed by atoms with E-state index in [1.165, 1.54) is 30.5 Å². The molecule has 0 saturated heterocycles. The number of carbonyl (C=O) groups is 2. The molecular formula is C19H16FN3O3. The highest BCUT2D eigenvalue weighted by Gasteiger charge is 2.15. The van der Waals surface area contributed by atoms with Crippen molar-refractivity contribution < 1.29 is 18.7 Å². The van der Waals surface area contributed by atoms with Crippen molar-refractivity contribution in [3.8, 4) is 0 Å². The van der Waals surface area contributed by atoms with E-state index in [0.29, 0.717) is 22.2 Å². The number of hydrogen-bond donors (Lipinski definition) is 2. The van der Waals surface area contributed by atoms with E-state index < -0.39 is 17.7 Å². The van der Waals surface area contributed by atoms with Gasteiger partial charge in [-0.3, -0.25) is 9.78 Å². The van der Waals surface area contributed by atoms with Gasteiger partial charge in [-0.2, -0.15) is 0 Å². The Labute approximate surface area is 148 Å². The fourth-order valence-corrected chi connectivity index (χ4v) is 2.47. The van der Waals surface area contributed by atoms with Crippen LogP contribution < -0.4 is 11.1 Å². The lowest BCUT2D eigenvalue weighted by Crippen LogP contribution is -2.12. The third-order valence-electron chi connectivity index (χ3n) is 3.77. The van der Waals surface area contributed by atoms with Gasteiger partial charge in [-0.1, -0.05) is 0 Å². The summed E-state index contributed by atoms with van der Waals surface area (Å²) in [5, 5.41) is 3.23. The molecule has 3 aromatic rings. The SMILES string of the molecule is CCOC(=O)c1cnc2ccc(NC(=O)c3ccc(F)cc3)cc2c1N. The molecule has 0 bridgehead atoms. The highest BCUT2D eigenvalue weighted by molar-refractivity contribution is 6.07. The third kappa shape index (κ3) is 3.46. The number of carbonyl (C=O) groups excluding carboxylic acids is 2. The molecule has 132 valence electrons. The number of nitrogens with zero attached hydrogens (tertiary/aromatic N) is 1. The molecule has 0 saturated carbocycles. The summed E-state index contributed by atoms with van der Waals surface area (Å²) in [5.41, 5.74) is 7.85. The molecule has 0 aliphatic rings. The van der Waals surface area contributed by atoms with E-state index in [0.717, 1.165) is 0 Å². The second-order valence-electron chi connectivity index (χ2n) is 5.50. The maximum Gasteiger partial charge on any atom is 0.341 e. The first-order valence-corrected chi connectivity index (χ1v) is 7.92. The van der Waals surface area contributed by atoms with Gasteiger partial charge in [0, 0.05) is 22.8 Å². The molecule has 7 heteroatoms. The lowest BCUT2D eigenvalue weighted by molar-refractivity contribution is 0.0527. The number of benzene rings is 2. The van der Waals surface area contributed by atoms with Gasteiger partial charge < -0.3 is 15.8 Å². The normalized spacial score (nSPS) is 10.5. The number of nitrogens with one attached hydrogen (secondary N) is 1. The number of rotatable bonds is 4. The summed E-state index contributed by atoms with van der Waals surface area (Å²) in [4.78, 5) is 28.4. The number of pyridine rings is 1. The number of anilines is 2. The molecule has 0 atom stereocenters. The molecular weight excluding hydrogens is 337 g/mol. The molecule has 0 unspecified atom stereocenters. The van der Waals surface area contributed by atoms with E-state index in [-0.39, 0.29) is 17.9 Å². The smallest absolute Gasteiger partial charge is 0.341 e. The van der Waals surface area contributed by atoms with E-state index in [1.807, 2.05) is 0 Å². The van der Waals surface area contributed by atoms with Crippen LogP contribution in [0.3, 0.4) is 0 Å². The topological polar surface area (TPSA) is 94.3 Å². The number of hydrogen-bond acceptors (Lipinski definition) is 5.